The van der Waals surface area contributed by atoms with Crippen LogP contribution in [-0.2, 0) is 0 Å². The van der Waals surface area contributed by atoms with E-state index in [-0.39, 0.29) is 0 Å². The number of methoxy groups -OCH3 is 1. The second-order valence-corrected chi connectivity index (χ2v) is 8.79. The van der Waals surface area contributed by atoms with Crippen molar-refractivity contribution in [2.45, 2.75) is 58.0 Å². The van der Waals surface area contributed by atoms with E-state index in [2.05, 4.69) is 56.0 Å². The van der Waals surface area contributed by atoms with Gasteiger partial charge in [0.2, 0.25) is 0 Å². The topological polar surface area (TPSA) is 59.3 Å². The van der Waals surface area contributed by atoms with Crippen molar-refractivity contribution >= 4 is 5.69 Å². The molecule has 0 unspecified atom stereocenters. The summed E-state index contributed by atoms with van der Waals surface area (Å²) in [5.74, 6) is 2.58. The molecule has 2 aliphatic rings. The summed E-state index contributed by atoms with van der Waals surface area (Å²) in [5, 5.41) is 13.0. The Morgan fingerprint density at radius 3 is 2.34 bits per heavy atom. The second kappa shape index (κ2) is 9.11. The minimum atomic E-state index is 0.295. The van der Waals surface area contributed by atoms with Gasteiger partial charge in [-0.15, -0.1) is 5.10 Å². The highest BCUT2D eigenvalue weighted by molar-refractivity contribution is 5.49. The van der Waals surface area contributed by atoms with Gasteiger partial charge in [0, 0.05) is 31.9 Å². The summed E-state index contributed by atoms with van der Waals surface area (Å²) in [7, 11) is 1.71. The lowest BCUT2D eigenvalue weighted by Crippen LogP contribution is -2.48. The molecule has 1 saturated carbocycles. The average Bonchev–Trinajstić information content (AvgIpc) is 3.44. The Kier molecular flexibility index (Phi) is 6.33. The monoisotopic (exact) mass is 398 g/mol. The van der Waals surface area contributed by atoms with Gasteiger partial charge < -0.3 is 9.64 Å². The maximum atomic E-state index is 5.29. The molecule has 2 aromatic rings. The fourth-order valence-corrected chi connectivity index (χ4v) is 4.78. The predicted molar refractivity (Wildman–Crippen MR) is 114 cm³/mol. The highest BCUT2D eigenvalue weighted by Crippen LogP contribution is 2.34. The molecule has 4 rings (SSSR count). The smallest absolute Gasteiger partial charge is 0.168 e. The maximum Gasteiger partial charge on any atom is 0.168 e. The molecule has 29 heavy (non-hydrogen) atoms. The van der Waals surface area contributed by atoms with Crippen LogP contribution in [0.25, 0.3) is 0 Å². The first kappa shape index (κ1) is 20.1. The molecule has 7 nitrogen and oxygen atoms in total. The molecule has 0 radical (unpaired) electrons. The second-order valence-electron chi connectivity index (χ2n) is 8.79. The lowest BCUT2D eigenvalue weighted by molar-refractivity contribution is 0.150. The number of rotatable bonds is 7. The van der Waals surface area contributed by atoms with Gasteiger partial charge in [0.15, 0.2) is 5.82 Å². The van der Waals surface area contributed by atoms with Gasteiger partial charge in [-0.05, 0) is 59.9 Å². The first-order valence-corrected chi connectivity index (χ1v) is 11.1. The van der Waals surface area contributed by atoms with E-state index in [4.69, 9.17) is 4.74 Å². The molecule has 7 heteroatoms. The van der Waals surface area contributed by atoms with Crippen LogP contribution in [0.15, 0.2) is 24.3 Å². The van der Waals surface area contributed by atoms with Crippen molar-refractivity contribution in [2.75, 3.05) is 38.2 Å². The molecule has 0 bridgehead atoms. The maximum absolute atomic E-state index is 5.29. The van der Waals surface area contributed by atoms with Crippen molar-refractivity contribution < 1.29 is 4.74 Å². The number of aromatic nitrogens is 4. The van der Waals surface area contributed by atoms with Gasteiger partial charge >= 0.3 is 0 Å². The number of benzene rings is 1. The number of nitrogens with zero attached hydrogens (tertiary/aromatic N) is 6. The molecule has 2 heterocycles. The van der Waals surface area contributed by atoms with E-state index in [1.807, 2.05) is 12.1 Å². The van der Waals surface area contributed by atoms with Crippen molar-refractivity contribution in [3.63, 3.8) is 0 Å². The van der Waals surface area contributed by atoms with Gasteiger partial charge in [0.1, 0.15) is 5.75 Å². The van der Waals surface area contributed by atoms with Crippen LogP contribution in [0.2, 0.25) is 0 Å². The molecule has 1 aliphatic heterocycles. The van der Waals surface area contributed by atoms with Crippen molar-refractivity contribution in [2.24, 2.45) is 5.92 Å². The molecule has 1 saturated heterocycles. The quantitative estimate of drug-likeness (QED) is 0.709. The van der Waals surface area contributed by atoms with E-state index >= 15 is 0 Å². The lowest BCUT2D eigenvalue weighted by atomic mass is 10.0. The van der Waals surface area contributed by atoms with Crippen LogP contribution in [-0.4, -0.2) is 58.4 Å². The minimum Gasteiger partial charge on any atom is -0.497 e. The molecule has 0 amide bonds. The average molecular weight is 399 g/mol. The van der Waals surface area contributed by atoms with Crippen molar-refractivity contribution in [1.29, 1.82) is 0 Å². The van der Waals surface area contributed by atoms with E-state index in [9.17, 15) is 0 Å². The molecule has 0 spiro atoms. The molecule has 1 aromatic heterocycles. The zero-order valence-electron chi connectivity index (χ0n) is 18.0. The SMILES string of the molecule is COc1ccc(N2CCN([C@@H](CC(C)C)c3nnnn3C3CCCC3)CC2)cc1. The van der Waals surface area contributed by atoms with Crippen molar-refractivity contribution in [3.05, 3.63) is 30.1 Å². The van der Waals surface area contributed by atoms with Crippen LogP contribution in [0.1, 0.15) is 63.9 Å². The number of ether oxygens (including phenoxy) is 1. The summed E-state index contributed by atoms with van der Waals surface area (Å²) >= 11 is 0. The van der Waals surface area contributed by atoms with Gasteiger partial charge in [0.25, 0.3) is 0 Å². The lowest BCUT2D eigenvalue weighted by Gasteiger charge is -2.40. The van der Waals surface area contributed by atoms with Crippen LogP contribution in [0.3, 0.4) is 0 Å². The number of tetrazole rings is 1. The van der Waals surface area contributed by atoms with Crippen LogP contribution in [0.4, 0.5) is 5.69 Å². The first-order valence-electron chi connectivity index (χ1n) is 11.1. The number of anilines is 1. The van der Waals surface area contributed by atoms with Gasteiger partial charge in [-0.1, -0.05) is 26.7 Å². The van der Waals surface area contributed by atoms with Gasteiger partial charge in [-0.3, -0.25) is 4.90 Å². The fourth-order valence-electron chi connectivity index (χ4n) is 4.78. The molecule has 1 aliphatic carbocycles. The predicted octanol–water partition coefficient (Wildman–Crippen LogP) is 3.71. The molecule has 158 valence electrons. The Morgan fingerprint density at radius 2 is 1.72 bits per heavy atom. The molecule has 1 atom stereocenters. The third kappa shape index (κ3) is 4.55. The Labute approximate surface area is 174 Å². The summed E-state index contributed by atoms with van der Waals surface area (Å²) in [6.07, 6.45) is 6.09. The Hall–Kier alpha value is -2.15. The molecular weight excluding hydrogens is 364 g/mol. The molecule has 0 N–H and O–H groups in total. The van der Waals surface area contributed by atoms with E-state index < -0.39 is 0 Å². The Bertz CT molecular complexity index is 760. The third-order valence-electron chi connectivity index (χ3n) is 6.37. The van der Waals surface area contributed by atoms with Gasteiger partial charge in [-0.25, -0.2) is 4.68 Å². The van der Waals surface area contributed by atoms with Gasteiger partial charge in [-0.2, -0.15) is 0 Å². The zero-order chi connectivity index (χ0) is 20.2. The summed E-state index contributed by atoms with van der Waals surface area (Å²) in [4.78, 5) is 5.06. The van der Waals surface area contributed by atoms with E-state index in [1.165, 1.54) is 31.4 Å². The minimum absolute atomic E-state index is 0.295. The van der Waals surface area contributed by atoms with E-state index in [1.54, 1.807) is 7.11 Å². The zero-order valence-corrected chi connectivity index (χ0v) is 18.0. The molecular formula is C22H34N6O. The Balaban J connectivity index is 1.47. The van der Waals surface area contributed by atoms with Crippen LogP contribution < -0.4 is 9.64 Å². The summed E-state index contributed by atoms with van der Waals surface area (Å²) in [5.41, 5.74) is 1.27. The fraction of sp³-hybridized carbons (Fsp3) is 0.682. The standard InChI is InChI=1S/C22H34N6O/c1-17(2)16-21(22-23-24-25-28(22)19-6-4-5-7-19)27-14-12-26(13-15-27)18-8-10-20(29-3)11-9-18/h8-11,17,19,21H,4-7,12-16H2,1-3H3/t21-/m0/s1. The highest BCUT2D eigenvalue weighted by atomic mass is 16.5. The van der Waals surface area contributed by atoms with Crippen molar-refractivity contribution in [3.8, 4) is 5.75 Å². The normalized spacial score (nSPS) is 19.8. The van der Waals surface area contributed by atoms with Crippen LogP contribution in [0.5, 0.6) is 5.75 Å². The third-order valence-corrected chi connectivity index (χ3v) is 6.37. The summed E-state index contributed by atoms with van der Waals surface area (Å²) < 4.78 is 7.44. The number of hydrogen-bond donors (Lipinski definition) is 0. The van der Waals surface area contributed by atoms with E-state index in [0.29, 0.717) is 18.0 Å². The van der Waals surface area contributed by atoms with Crippen LogP contribution in [0, 0.1) is 5.92 Å². The number of hydrogen-bond acceptors (Lipinski definition) is 6. The van der Waals surface area contributed by atoms with Crippen molar-refractivity contribution in [1.82, 2.24) is 25.1 Å². The largest absolute Gasteiger partial charge is 0.497 e. The van der Waals surface area contributed by atoms with Gasteiger partial charge in [0.05, 0.1) is 19.2 Å². The summed E-state index contributed by atoms with van der Waals surface area (Å²) in [6, 6.07) is 9.17. The number of piperazine rings is 1. The molecule has 1 aromatic carbocycles. The Morgan fingerprint density at radius 1 is 1.03 bits per heavy atom. The van der Waals surface area contributed by atoms with E-state index in [0.717, 1.165) is 44.2 Å². The van der Waals surface area contributed by atoms with Crippen LogP contribution >= 0.6 is 0 Å². The summed E-state index contributed by atoms with van der Waals surface area (Å²) in [6.45, 7) is 8.69. The molecule has 2 fully saturated rings. The highest BCUT2D eigenvalue weighted by Gasteiger charge is 2.32. The first-order chi connectivity index (χ1) is 14.2.